The Balaban J connectivity index is 0.000000132. The first kappa shape index (κ1) is 19.0. The molecule has 0 aliphatic carbocycles. The minimum atomic E-state index is -1.67. The van der Waals surface area contributed by atoms with Crippen LogP contribution in [0.2, 0.25) is 5.79 Å². The van der Waals surface area contributed by atoms with E-state index in [0.29, 0.717) is 11.0 Å². The van der Waals surface area contributed by atoms with Crippen molar-refractivity contribution in [2.24, 2.45) is 0 Å². The Kier molecular flexibility index (Phi) is 8.66. The van der Waals surface area contributed by atoms with E-state index < -0.39 is 16.0 Å². The van der Waals surface area contributed by atoms with Gasteiger partial charge in [0.1, 0.15) is 0 Å². The second-order valence-electron chi connectivity index (χ2n) is 4.89. The van der Waals surface area contributed by atoms with Crippen LogP contribution in [0, 0.1) is 0 Å². The number of benzene rings is 2. The van der Waals surface area contributed by atoms with Crippen LogP contribution in [0.25, 0.3) is 21.5 Å². The van der Waals surface area contributed by atoms with E-state index in [4.69, 9.17) is 17.2 Å². The smallest absolute Gasteiger partial charge is 0.0809 e. The fourth-order valence-electron chi connectivity index (χ4n) is 2.14. The zero-order chi connectivity index (χ0) is 16.5. The quantitative estimate of drug-likeness (QED) is 0.179. The van der Waals surface area contributed by atoms with Crippen molar-refractivity contribution in [1.82, 2.24) is 0 Å². The molecule has 116 valence electrons. The molecule has 0 spiro atoms. The van der Waals surface area contributed by atoms with Gasteiger partial charge in [0.15, 0.2) is 0 Å². The largest absolute Gasteiger partial charge is 0.168 e. The van der Waals surface area contributed by atoms with Crippen LogP contribution in [0.5, 0.6) is 0 Å². The van der Waals surface area contributed by atoms with Crippen LogP contribution in [-0.2, 0) is 16.0 Å². The SMILES string of the molecule is [CH3][Al]=[Hf]([Cl])[Cl].c1ccc2[cH-]ccc2c1.c1ccc2[cH-]ccc2c1. The molecule has 0 amide bonds. The zero-order valence-corrected chi connectivity index (χ0v) is 19.2. The average Bonchev–Trinajstić information content (AvgIpc) is 3.24. The summed E-state index contributed by atoms with van der Waals surface area (Å²) in [5.41, 5.74) is 0. The van der Waals surface area contributed by atoms with Crippen molar-refractivity contribution < 1.29 is 16.0 Å². The van der Waals surface area contributed by atoms with E-state index in [0.717, 1.165) is 0 Å². The third-order valence-corrected chi connectivity index (χ3v) is 19.2. The summed E-state index contributed by atoms with van der Waals surface area (Å²) >= 11 is -1.67. The van der Waals surface area contributed by atoms with Crippen LogP contribution in [0.15, 0.2) is 84.9 Å². The van der Waals surface area contributed by atoms with Crippen molar-refractivity contribution in [2.45, 2.75) is 5.79 Å². The minimum Gasteiger partial charge on any atom is -0.168 e. The molecule has 0 aliphatic heterocycles. The molecule has 0 radical (unpaired) electrons. The summed E-state index contributed by atoms with van der Waals surface area (Å²) in [5.74, 6) is 2.11. The van der Waals surface area contributed by atoms with Crippen molar-refractivity contribution in [3.8, 4) is 0 Å². The summed E-state index contributed by atoms with van der Waals surface area (Å²) in [6, 6.07) is 29.3. The van der Waals surface area contributed by atoms with Crippen molar-refractivity contribution in [3.05, 3.63) is 84.9 Å². The topological polar surface area (TPSA) is 0 Å². The van der Waals surface area contributed by atoms with Crippen molar-refractivity contribution in [3.63, 3.8) is 0 Å². The van der Waals surface area contributed by atoms with Gasteiger partial charge in [0.2, 0.25) is 0 Å². The molecule has 4 rings (SSSR count). The maximum absolute atomic E-state index is 5.48. The van der Waals surface area contributed by atoms with Crippen LogP contribution in [0.1, 0.15) is 0 Å². The van der Waals surface area contributed by atoms with Gasteiger partial charge in [-0.25, -0.2) is 0 Å². The normalized spacial score (nSPS) is 9.35. The molecule has 4 heteroatoms. The monoisotopic (exact) mass is 522 g/mol. The van der Waals surface area contributed by atoms with E-state index in [1.54, 1.807) is 0 Å². The third kappa shape index (κ3) is 6.57. The fraction of sp³-hybridized carbons (Fsp3) is 0.0526. The van der Waals surface area contributed by atoms with Gasteiger partial charge in [-0.15, -0.1) is 59.3 Å². The van der Waals surface area contributed by atoms with Gasteiger partial charge in [0.25, 0.3) is 0 Å². The van der Waals surface area contributed by atoms with Gasteiger partial charge >= 0.3 is 49.9 Å². The van der Waals surface area contributed by atoms with E-state index in [1.165, 1.54) is 21.5 Å². The molecule has 0 saturated heterocycles. The molecule has 0 nitrogen and oxygen atoms in total. The summed E-state index contributed by atoms with van der Waals surface area (Å²) in [4.78, 5) is 0. The molecule has 4 aromatic carbocycles. The molecule has 0 aliphatic rings. The Morgan fingerprint density at radius 3 is 1.48 bits per heavy atom. The molecule has 0 aromatic heterocycles. The number of halogens is 2. The van der Waals surface area contributed by atoms with E-state index in [9.17, 15) is 0 Å². The molecular formula is C19H17AlCl2Hf-2. The predicted molar refractivity (Wildman–Crippen MR) is 102 cm³/mol. The fourth-order valence-corrected chi connectivity index (χ4v) is 2.14. The number of hydrogen-bond acceptors (Lipinski definition) is 0. The second kappa shape index (κ2) is 10.5. The summed E-state index contributed by atoms with van der Waals surface area (Å²) in [5, 5.41) is 5.32. The van der Waals surface area contributed by atoms with Gasteiger partial charge in [-0.05, 0) is 0 Å². The van der Waals surface area contributed by atoms with Gasteiger partial charge in [-0.2, -0.15) is 35.0 Å². The number of fused-ring (bicyclic) bond motifs is 2. The van der Waals surface area contributed by atoms with Gasteiger partial charge in [0.05, 0.1) is 0 Å². The average molecular weight is 522 g/mol. The molecule has 0 fully saturated rings. The number of hydrogen-bond donors (Lipinski definition) is 0. The first-order valence-corrected chi connectivity index (χ1v) is 24.2. The second-order valence-corrected chi connectivity index (χ2v) is 32.7. The molecule has 0 atom stereocenters. The Morgan fingerprint density at radius 2 is 1.13 bits per heavy atom. The van der Waals surface area contributed by atoms with Crippen LogP contribution in [0.3, 0.4) is 0 Å². The first-order chi connectivity index (χ1) is 11.2. The summed E-state index contributed by atoms with van der Waals surface area (Å²) < 4.78 is 0. The zero-order valence-electron chi connectivity index (χ0n) is 12.9. The molecule has 0 unspecified atom stereocenters. The number of rotatable bonds is 0. The van der Waals surface area contributed by atoms with Crippen LogP contribution >= 0.6 is 17.2 Å². The van der Waals surface area contributed by atoms with Crippen molar-refractivity contribution >= 4 is 49.7 Å². The Bertz CT molecular complexity index is 747. The Hall–Kier alpha value is -0.357. The molecule has 23 heavy (non-hydrogen) atoms. The molecule has 0 bridgehead atoms. The minimum absolute atomic E-state index is 0.475. The molecule has 4 aromatic rings. The Labute approximate surface area is 155 Å². The maximum atomic E-state index is 5.48. The standard InChI is InChI=1S/2C9H7.CH3.Al.2ClH.Hf/c2*1-2-5-9-7-3-6-8(9)4-1;;;;;/h2*1-7H;1H3;;2*1H;/q2*-1;;;;;+2/p-2. The first-order valence-electron chi connectivity index (χ1n) is 7.39. The van der Waals surface area contributed by atoms with Crippen LogP contribution in [0.4, 0.5) is 0 Å². The molecule has 0 heterocycles. The predicted octanol–water partition coefficient (Wildman–Crippen LogP) is 6.70. The van der Waals surface area contributed by atoms with E-state index >= 15 is 0 Å². The van der Waals surface area contributed by atoms with Gasteiger partial charge in [-0.1, -0.05) is 12.1 Å². The maximum Gasteiger partial charge on any atom is -0.0809 e. The van der Waals surface area contributed by atoms with Crippen LogP contribution in [-0.4, -0.2) is 11.0 Å². The van der Waals surface area contributed by atoms with Gasteiger partial charge in [0, 0.05) is 0 Å². The third-order valence-electron chi connectivity index (χ3n) is 3.31. The summed E-state index contributed by atoms with van der Waals surface area (Å²) in [7, 11) is 11.4. The molecular weight excluding hydrogens is 505 g/mol. The van der Waals surface area contributed by atoms with Gasteiger partial charge < -0.3 is 0 Å². The van der Waals surface area contributed by atoms with E-state index in [1.807, 2.05) is 0 Å². The van der Waals surface area contributed by atoms with E-state index in [-0.39, 0.29) is 0 Å². The molecule has 0 N–H and O–H groups in total. The van der Waals surface area contributed by atoms with Crippen LogP contribution < -0.4 is 0 Å². The Morgan fingerprint density at radius 1 is 0.739 bits per heavy atom. The summed E-state index contributed by atoms with van der Waals surface area (Å²) in [6.45, 7) is 0. The van der Waals surface area contributed by atoms with Crippen molar-refractivity contribution in [1.29, 1.82) is 0 Å². The summed E-state index contributed by atoms with van der Waals surface area (Å²) in [6.07, 6.45) is 0. The molecule has 0 saturated carbocycles. The van der Waals surface area contributed by atoms with E-state index in [2.05, 4.69) is 90.7 Å². The van der Waals surface area contributed by atoms with Crippen molar-refractivity contribution in [2.75, 3.05) is 0 Å². The van der Waals surface area contributed by atoms with Gasteiger partial charge in [-0.3, -0.25) is 0 Å².